The summed E-state index contributed by atoms with van der Waals surface area (Å²) >= 11 is 0. The largest absolute Gasteiger partial charge is 0.339 e. The van der Waals surface area contributed by atoms with Crippen LogP contribution in [0.15, 0.2) is 55.1 Å². The zero-order chi connectivity index (χ0) is 22.4. The molecule has 1 amide bonds. The summed E-state index contributed by atoms with van der Waals surface area (Å²) < 4.78 is 1.75. The van der Waals surface area contributed by atoms with Crippen LogP contribution in [0.5, 0.6) is 0 Å². The molecule has 3 aromatic heterocycles. The molecular formula is C27H33N5O. The summed E-state index contributed by atoms with van der Waals surface area (Å²) in [5.74, 6) is 2.71. The van der Waals surface area contributed by atoms with Crippen molar-refractivity contribution in [2.45, 2.75) is 51.5 Å². The van der Waals surface area contributed by atoms with E-state index >= 15 is 0 Å². The SMILES string of the molecule is CC(c1cccnc1)N(CNC(=O)c1cccn2nccc12)CC12CC3CC(CC(C3)C1)C2. The molecule has 4 fully saturated rings. The first-order chi connectivity index (χ1) is 16.1. The summed E-state index contributed by atoms with van der Waals surface area (Å²) in [6.07, 6.45) is 15.8. The molecule has 7 rings (SSSR count). The molecular weight excluding hydrogens is 410 g/mol. The minimum atomic E-state index is -0.0463. The van der Waals surface area contributed by atoms with Crippen LogP contribution in [0.4, 0.5) is 0 Å². The highest BCUT2D eigenvalue weighted by molar-refractivity contribution is 6.00. The highest BCUT2D eigenvalue weighted by Gasteiger charge is 2.51. The van der Waals surface area contributed by atoms with Crippen molar-refractivity contribution < 1.29 is 4.79 Å². The van der Waals surface area contributed by atoms with Gasteiger partial charge in [0.15, 0.2) is 0 Å². The number of rotatable bonds is 7. The summed E-state index contributed by atoms with van der Waals surface area (Å²) in [5.41, 5.74) is 3.11. The van der Waals surface area contributed by atoms with Gasteiger partial charge >= 0.3 is 0 Å². The van der Waals surface area contributed by atoms with Crippen molar-refractivity contribution in [3.05, 3.63) is 66.2 Å². The number of hydrogen-bond donors (Lipinski definition) is 1. The van der Waals surface area contributed by atoms with E-state index in [1.165, 1.54) is 44.1 Å². The van der Waals surface area contributed by atoms with E-state index in [4.69, 9.17) is 0 Å². The molecule has 172 valence electrons. The highest BCUT2D eigenvalue weighted by atomic mass is 16.1. The summed E-state index contributed by atoms with van der Waals surface area (Å²) in [6.45, 7) is 3.83. The summed E-state index contributed by atoms with van der Waals surface area (Å²) in [7, 11) is 0. The predicted molar refractivity (Wildman–Crippen MR) is 127 cm³/mol. The van der Waals surface area contributed by atoms with E-state index in [0.29, 0.717) is 17.6 Å². The topological polar surface area (TPSA) is 62.5 Å². The van der Waals surface area contributed by atoms with Crippen molar-refractivity contribution in [1.82, 2.24) is 24.8 Å². The van der Waals surface area contributed by atoms with E-state index in [2.05, 4.69) is 33.3 Å². The lowest BCUT2D eigenvalue weighted by Crippen LogP contribution is -2.53. The number of carbonyl (C=O) groups is 1. The van der Waals surface area contributed by atoms with Crippen LogP contribution in [0.25, 0.3) is 5.52 Å². The molecule has 3 heterocycles. The van der Waals surface area contributed by atoms with Gasteiger partial charge in [-0.1, -0.05) is 6.07 Å². The van der Waals surface area contributed by atoms with Gasteiger partial charge in [0, 0.05) is 31.2 Å². The van der Waals surface area contributed by atoms with E-state index in [1.807, 2.05) is 42.9 Å². The fourth-order valence-corrected chi connectivity index (χ4v) is 7.49. The standard InChI is InChI=1S/C27H33N5O/c1-19(23-4-2-7-28-16-23)31(17-27-13-20-10-21(14-27)12-22(11-20)15-27)18-29-26(33)24-5-3-9-32-25(24)6-8-30-32/h2-9,16,19-22H,10-15,17-18H2,1H3,(H,29,33). The molecule has 4 aliphatic carbocycles. The second-order valence-electron chi connectivity index (χ2n) is 10.9. The lowest BCUT2D eigenvalue weighted by atomic mass is 9.49. The minimum Gasteiger partial charge on any atom is -0.339 e. The maximum absolute atomic E-state index is 13.2. The monoisotopic (exact) mass is 443 g/mol. The van der Waals surface area contributed by atoms with Gasteiger partial charge in [-0.2, -0.15) is 5.10 Å². The third kappa shape index (κ3) is 3.95. The molecule has 6 nitrogen and oxygen atoms in total. The van der Waals surface area contributed by atoms with Crippen molar-refractivity contribution in [1.29, 1.82) is 0 Å². The first-order valence-corrected chi connectivity index (χ1v) is 12.4. The van der Waals surface area contributed by atoms with Gasteiger partial charge in [-0.3, -0.25) is 14.7 Å². The van der Waals surface area contributed by atoms with E-state index in [-0.39, 0.29) is 11.9 Å². The first kappa shape index (κ1) is 20.8. The molecule has 6 heteroatoms. The van der Waals surface area contributed by atoms with Crippen molar-refractivity contribution >= 4 is 11.4 Å². The van der Waals surface area contributed by atoms with Gasteiger partial charge < -0.3 is 5.32 Å². The van der Waals surface area contributed by atoms with Crippen LogP contribution in [0.1, 0.15) is 67.4 Å². The molecule has 0 spiro atoms. The lowest BCUT2D eigenvalue weighted by Gasteiger charge is -2.58. The van der Waals surface area contributed by atoms with Crippen LogP contribution in [-0.2, 0) is 0 Å². The van der Waals surface area contributed by atoms with E-state index in [1.54, 1.807) is 10.7 Å². The molecule has 1 N–H and O–H groups in total. The van der Waals surface area contributed by atoms with E-state index in [9.17, 15) is 4.79 Å². The van der Waals surface area contributed by atoms with Crippen molar-refractivity contribution in [2.75, 3.05) is 13.2 Å². The van der Waals surface area contributed by atoms with Crippen LogP contribution in [0.2, 0.25) is 0 Å². The maximum Gasteiger partial charge on any atom is 0.254 e. The van der Waals surface area contributed by atoms with Gasteiger partial charge in [-0.25, -0.2) is 4.52 Å². The van der Waals surface area contributed by atoms with Crippen molar-refractivity contribution in [3.63, 3.8) is 0 Å². The third-order valence-corrected chi connectivity index (χ3v) is 8.54. The Morgan fingerprint density at radius 1 is 1.12 bits per heavy atom. The lowest BCUT2D eigenvalue weighted by molar-refractivity contribution is -0.0746. The normalized spacial score (nSPS) is 29.0. The Hall–Kier alpha value is -2.73. The fourth-order valence-electron chi connectivity index (χ4n) is 7.49. The average molecular weight is 444 g/mol. The van der Waals surface area contributed by atoms with Gasteiger partial charge in [0.1, 0.15) is 0 Å². The van der Waals surface area contributed by atoms with Gasteiger partial charge in [0.25, 0.3) is 5.91 Å². The van der Waals surface area contributed by atoms with Crippen LogP contribution < -0.4 is 5.32 Å². The predicted octanol–water partition coefficient (Wildman–Crippen LogP) is 4.70. The van der Waals surface area contributed by atoms with Crippen LogP contribution >= 0.6 is 0 Å². The Morgan fingerprint density at radius 2 is 1.88 bits per heavy atom. The maximum atomic E-state index is 13.2. The number of nitrogens with zero attached hydrogens (tertiary/aromatic N) is 4. The van der Waals surface area contributed by atoms with Gasteiger partial charge in [0.2, 0.25) is 0 Å². The van der Waals surface area contributed by atoms with Crippen LogP contribution in [0.3, 0.4) is 0 Å². The second-order valence-corrected chi connectivity index (χ2v) is 10.9. The number of amides is 1. The van der Waals surface area contributed by atoms with E-state index < -0.39 is 0 Å². The second kappa shape index (κ2) is 8.24. The molecule has 33 heavy (non-hydrogen) atoms. The smallest absolute Gasteiger partial charge is 0.254 e. The molecule has 0 aromatic carbocycles. The zero-order valence-electron chi connectivity index (χ0n) is 19.4. The van der Waals surface area contributed by atoms with Gasteiger partial charge in [-0.15, -0.1) is 0 Å². The highest BCUT2D eigenvalue weighted by Crippen LogP contribution is 2.60. The number of fused-ring (bicyclic) bond motifs is 1. The molecule has 0 radical (unpaired) electrons. The number of hydrogen-bond acceptors (Lipinski definition) is 4. The molecule has 1 atom stereocenters. The number of pyridine rings is 2. The zero-order valence-corrected chi connectivity index (χ0v) is 19.4. The molecule has 4 bridgehead atoms. The Labute approximate surface area is 195 Å². The summed E-state index contributed by atoms with van der Waals surface area (Å²) in [6, 6.07) is 9.99. The molecule has 0 saturated heterocycles. The molecule has 3 aromatic rings. The Morgan fingerprint density at radius 3 is 2.58 bits per heavy atom. The van der Waals surface area contributed by atoms with Crippen molar-refractivity contribution in [3.8, 4) is 0 Å². The summed E-state index contributed by atoms with van der Waals surface area (Å²) in [5, 5.41) is 7.51. The number of aromatic nitrogens is 3. The molecule has 4 aliphatic rings. The Balaban J connectivity index is 1.23. The molecule has 0 aliphatic heterocycles. The first-order valence-electron chi connectivity index (χ1n) is 12.4. The van der Waals surface area contributed by atoms with Crippen molar-refractivity contribution in [2.24, 2.45) is 23.2 Å². The van der Waals surface area contributed by atoms with Gasteiger partial charge in [0.05, 0.1) is 23.9 Å². The third-order valence-electron chi connectivity index (χ3n) is 8.54. The van der Waals surface area contributed by atoms with Crippen LogP contribution in [0, 0.1) is 23.2 Å². The number of nitrogens with one attached hydrogen (secondary N) is 1. The Bertz CT molecular complexity index is 1100. The minimum absolute atomic E-state index is 0.0463. The van der Waals surface area contributed by atoms with E-state index in [0.717, 1.165) is 29.8 Å². The number of carbonyl (C=O) groups excluding carboxylic acids is 1. The van der Waals surface area contributed by atoms with Crippen LogP contribution in [-0.4, -0.2) is 38.6 Å². The average Bonchev–Trinajstić information content (AvgIpc) is 3.30. The quantitative estimate of drug-likeness (QED) is 0.538. The fraction of sp³-hybridized carbons (Fsp3) is 0.519. The van der Waals surface area contributed by atoms with Gasteiger partial charge in [-0.05, 0) is 98.4 Å². The summed E-state index contributed by atoms with van der Waals surface area (Å²) in [4.78, 5) is 20.0. The Kier molecular flexibility index (Phi) is 5.21. The molecule has 1 unspecified atom stereocenters. The molecule has 4 saturated carbocycles.